The lowest BCUT2D eigenvalue weighted by molar-refractivity contribution is 0.102. The summed E-state index contributed by atoms with van der Waals surface area (Å²) in [6, 6.07) is 11.6. The van der Waals surface area contributed by atoms with Gasteiger partial charge in [-0.1, -0.05) is 17.7 Å². The van der Waals surface area contributed by atoms with Gasteiger partial charge < -0.3 is 15.5 Å². The molecule has 7 nitrogen and oxygen atoms in total. The van der Waals surface area contributed by atoms with E-state index in [1.165, 1.54) is 12.1 Å². The fourth-order valence-corrected chi connectivity index (χ4v) is 3.73. The second-order valence-corrected chi connectivity index (χ2v) is 7.67. The molecule has 1 amide bonds. The van der Waals surface area contributed by atoms with Gasteiger partial charge >= 0.3 is 0 Å². The Morgan fingerprint density at radius 2 is 1.86 bits per heavy atom. The van der Waals surface area contributed by atoms with Crippen LogP contribution in [0.5, 0.6) is 11.5 Å². The Hall–Kier alpha value is -3.70. The molecule has 3 N–H and O–H groups in total. The molecule has 1 aromatic heterocycles. The van der Waals surface area contributed by atoms with Gasteiger partial charge in [-0.3, -0.25) is 4.79 Å². The number of nitriles is 1. The molecular formula is C21H18N4O3S. The third-order valence-electron chi connectivity index (χ3n) is 4.24. The van der Waals surface area contributed by atoms with Crippen LogP contribution < -0.4 is 5.32 Å². The predicted octanol–water partition coefficient (Wildman–Crippen LogP) is 5.62. The van der Waals surface area contributed by atoms with Crippen molar-refractivity contribution in [3.63, 3.8) is 0 Å². The summed E-state index contributed by atoms with van der Waals surface area (Å²) in [5.41, 5.74) is 3.20. The average molecular weight is 406 g/mol. The highest BCUT2D eigenvalue weighted by molar-refractivity contribution is 7.16. The molecule has 0 saturated carbocycles. The number of nitrogens with one attached hydrogen (secondary N) is 1. The Balaban J connectivity index is 1.93. The first-order valence-electron chi connectivity index (χ1n) is 8.66. The van der Waals surface area contributed by atoms with Crippen molar-refractivity contribution in [1.29, 1.82) is 5.26 Å². The van der Waals surface area contributed by atoms with Crippen molar-refractivity contribution >= 4 is 33.6 Å². The van der Waals surface area contributed by atoms with E-state index in [9.17, 15) is 20.3 Å². The molecule has 3 rings (SSSR count). The van der Waals surface area contributed by atoms with Crippen molar-refractivity contribution in [2.75, 3.05) is 5.32 Å². The first kappa shape index (κ1) is 20.0. The Bertz CT molecular complexity index is 1180. The number of benzene rings is 2. The maximum atomic E-state index is 12.8. The smallest absolute Gasteiger partial charge is 0.258 e. The van der Waals surface area contributed by atoms with Crippen molar-refractivity contribution < 1.29 is 15.0 Å². The molecule has 1 heterocycles. The molecule has 8 heteroatoms. The van der Waals surface area contributed by atoms with Crippen LogP contribution >= 0.6 is 11.3 Å². The van der Waals surface area contributed by atoms with Crippen LogP contribution in [0.1, 0.15) is 31.9 Å². The Morgan fingerprint density at radius 1 is 1.10 bits per heavy atom. The normalized spacial score (nSPS) is 10.8. The van der Waals surface area contributed by atoms with Gasteiger partial charge in [0.2, 0.25) is 0 Å². The number of amides is 1. The number of azo groups is 1. The Labute approximate surface area is 171 Å². The molecule has 3 aromatic rings. The van der Waals surface area contributed by atoms with Gasteiger partial charge in [0.25, 0.3) is 5.91 Å². The number of nitrogens with zero attached hydrogens (tertiary/aromatic N) is 3. The minimum absolute atomic E-state index is 0.100. The number of anilines is 1. The summed E-state index contributed by atoms with van der Waals surface area (Å²) in [6.07, 6.45) is 0. The zero-order chi connectivity index (χ0) is 21.1. The van der Waals surface area contributed by atoms with E-state index in [0.29, 0.717) is 10.6 Å². The molecule has 0 fully saturated rings. The maximum Gasteiger partial charge on any atom is 0.258 e. The number of aromatic hydroxyl groups is 2. The van der Waals surface area contributed by atoms with Gasteiger partial charge in [0.1, 0.15) is 28.8 Å². The number of carbonyl (C=O) groups is 1. The standard InChI is InChI=1S/C21H18N4O3S/c1-11-4-6-16(12(2)8-11)23-20(28)19-13(3)29-21(15(19)10-22)25-24-17-7-5-14(26)9-18(17)27/h4-9,26-27H,1-3H3,(H,23,28). The van der Waals surface area contributed by atoms with Gasteiger partial charge in [0.15, 0.2) is 5.00 Å². The van der Waals surface area contributed by atoms with Crippen LogP contribution in [0.2, 0.25) is 0 Å². The van der Waals surface area contributed by atoms with Crippen molar-refractivity contribution in [1.82, 2.24) is 0 Å². The van der Waals surface area contributed by atoms with E-state index >= 15 is 0 Å². The summed E-state index contributed by atoms with van der Waals surface area (Å²) in [5, 5.41) is 39.8. The molecule has 2 aromatic carbocycles. The van der Waals surface area contributed by atoms with E-state index in [-0.39, 0.29) is 33.3 Å². The summed E-state index contributed by atoms with van der Waals surface area (Å²) < 4.78 is 0. The number of thiophene rings is 1. The molecular weight excluding hydrogens is 388 g/mol. The van der Waals surface area contributed by atoms with Crippen LogP contribution in [-0.2, 0) is 0 Å². The average Bonchev–Trinajstić information content (AvgIpc) is 2.98. The predicted molar refractivity (Wildman–Crippen MR) is 112 cm³/mol. The second kappa shape index (κ2) is 8.12. The zero-order valence-electron chi connectivity index (χ0n) is 16.0. The summed E-state index contributed by atoms with van der Waals surface area (Å²) in [7, 11) is 0. The molecule has 146 valence electrons. The lowest BCUT2D eigenvalue weighted by Gasteiger charge is -2.09. The summed E-state index contributed by atoms with van der Waals surface area (Å²) in [5.74, 6) is -0.735. The Morgan fingerprint density at radius 3 is 2.52 bits per heavy atom. The molecule has 0 saturated heterocycles. The van der Waals surface area contributed by atoms with Gasteiger partial charge in [0, 0.05) is 16.6 Å². The third-order valence-corrected chi connectivity index (χ3v) is 5.23. The van der Waals surface area contributed by atoms with E-state index in [0.717, 1.165) is 28.5 Å². The minimum atomic E-state index is -0.392. The molecule has 29 heavy (non-hydrogen) atoms. The van der Waals surface area contributed by atoms with Crippen molar-refractivity contribution in [3.05, 3.63) is 63.5 Å². The number of rotatable bonds is 4. The fraction of sp³-hybridized carbons (Fsp3) is 0.143. The Kier molecular flexibility index (Phi) is 5.61. The molecule has 0 aliphatic rings. The van der Waals surface area contributed by atoms with E-state index in [1.54, 1.807) is 6.92 Å². The maximum absolute atomic E-state index is 12.8. The highest BCUT2D eigenvalue weighted by Gasteiger charge is 2.22. The van der Waals surface area contributed by atoms with Crippen LogP contribution in [0.15, 0.2) is 46.6 Å². The van der Waals surface area contributed by atoms with E-state index in [2.05, 4.69) is 15.5 Å². The summed E-state index contributed by atoms with van der Waals surface area (Å²) in [4.78, 5) is 13.5. The van der Waals surface area contributed by atoms with Crippen LogP contribution in [0.25, 0.3) is 0 Å². The number of hydrogen-bond acceptors (Lipinski definition) is 7. The topological polar surface area (TPSA) is 118 Å². The number of hydrogen-bond donors (Lipinski definition) is 3. The molecule has 0 radical (unpaired) electrons. The molecule has 0 bridgehead atoms. The van der Waals surface area contributed by atoms with Gasteiger partial charge in [-0.2, -0.15) is 5.26 Å². The van der Waals surface area contributed by atoms with Gasteiger partial charge in [-0.15, -0.1) is 21.6 Å². The summed E-state index contributed by atoms with van der Waals surface area (Å²) >= 11 is 1.16. The third kappa shape index (κ3) is 4.25. The van der Waals surface area contributed by atoms with Gasteiger partial charge in [-0.05, 0) is 44.5 Å². The van der Waals surface area contributed by atoms with Crippen molar-refractivity contribution in [2.45, 2.75) is 20.8 Å². The number of phenolic OH excluding ortho intramolecular Hbond substituents is 2. The molecule has 0 aliphatic heterocycles. The van der Waals surface area contributed by atoms with E-state index in [1.807, 2.05) is 38.1 Å². The quantitative estimate of drug-likeness (QED) is 0.487. The van der Waals surface area contributed by atoms with Crippen molar-refractivity contribution in [2.24, 2.45) is 10.2 Å². The van der Waals surface area contributed by atoms with Crippen LogP contribution in [0.4, 0.5) is 16.4 Å². The van der Waals surface area contributed by atoms with Crippen molar-refractivity contribution in [3.8, 4) is 17.6 Å². The summed E-state index contributed by atoms with van der Waals surface area (Å²) in [6.45, 7) is 5.61. The van der Waals surface area contributed by atoms with Crippen LogP contribution in [-0.4, -0.2) is 16.1 Å². The number of carbonyl (C=O) groups excluding carboxylic acids is 1. The van der Waals surface area contributed by atoms with Crippen LogP contribution in [0.3, 0.4) is 0 Å². The first-order chi connectivity index (χ1) is 13.8. The molecule has 0 aliphatic carbocycles. The van der Waals surface area contributed by atoms with E-state index in [4.69, 9.17) is 0 Å². The van der Waals surface area contributed by atoms with Gasteiger partial charge in [0.05, 0.1) is 5.56 Å². The van der Waals surface area contributed by atoms with Gasteiger partial charge in [-0.25, -0.2) is 0 Å². The van der Waals surface area contributed by atoms with E-state index < -0.39 is 5.91 Å². The molecule has 0 spiro atoms. The SMILES string of the molecule is Cc1ccc(NC(=O)c2c(C)sc(N=Nc3ccc(O)cc3O)c2C#N)c(C)c1. The monoisotopic (exact) mass is 406 g/mol. The highest BCUT2D eigenvalue weighted by Crippen LogP contribution is 2.38. The number of phenols is 2. The first-order valence-corrected chi connectivity index (χ1v) is 9.47. The number of aryl methyl sites for hydroxylation is 3. The second-order valence-electron chi connectivity index (χ2n) is 6.47. The lowest BCUT2D eigenvalue weighted by atomic mass is 10.1. The van der Waals surface area contributed by atoms with Crippen LogP contribution in [0, 0.1) is 32.1 Å². The highest BCUT2D eigenvalue weighted by atomic mass is 32.1. The lowest BCUT2D eigenvalue weighted by Crippen LogP contribution is -2.14. The minimum Gasteiger partial charge on any atom is -0.508 e. The molecule has 0 atom stereocenters. The zero-order valence-corrected chi connectivity index (χ0v) is 16.8. The molecule has 0 unspecified atom stereocenters. The largest absolute Gasteiger partial charge is 0.508 e. The fourth-order valence-electron chi connectivity index (χ4n) is 2.81.